The number of hydrogen-bond acceptors (Lipinski definition) is 8. The molecule has 4 rings (SSSR count). The van der Waals surface area contributed by atoms with E-state index in [4.69, 9.17) is 19.0 Å². The average Bonchev–Trinajstić information content (AvgIpc) is 3.31. The number of carbonyl (C=O) groups excluding carboxylic acids is 1. The number of aryl methyl sites for hydroxylation is 1. The van der Waals surface area contributed by atoms with Gasteiger partial charge in [-0.05, 0) is 24.3 Å². The fourth-order valence-corrected chi connectivity index (χ4v) is 4.22. The van der Waals surface area contributed by atoms with Crippen LogP contribution in [0, 0.1) is 11.3 Å². The number of pyridine rings is 1. The van der Waals surface area contributed by atoms with Crippen LogP contribution in [0.1, 0.15) is 5.56 Å². The van der Waals surface area contributed by atoms with E-state index in [1.807, 2.05) is 42.5 Å². The van der Waals surface area contributed by atoms with Crippen molar-refractivity contribution in [1.82, 2.24) is 10.3 Å². The minimum absolute atomic E-state index is 0.0129. The number of rotatable bonds is 8. The van der Waals surface area contributed by atoms with Crippen LogP contribution in [0.15, 0.2) is 70.3 Å². The van der Waals surface area contributed by atoms with E-state index < -0.39 is 0 Å². The Morgan fingerprint density at radius 3 is 2.60 bits per heavy atom. The highest BCUT2D eigenvalue weighted by Crippen LogP contribution is 2.39. The van der Waals surface area contributed by atoms with Crippen molar-refractivity contribution in [3.63, 3.8) is 0 Å². The quantitative estimate of drug-likeness (QED) is 0.294. The first kappa shape index (κ1) is 23.8. The molecule has 0 fully saturated rings. The second-order valence-corrected chi connectivity index (χ2v) is 8.32. The number of carbonyl (C=O) groups is 1. The van der Waals surface area contributed by atoms with E-state index in [-0.39, 0.29) is 17.5 Å². The zero-order valence-corrected chi connectivity index (χ0v) is 20.1. The molecular weight excluding hydrogens is 466 g/mol. The highest BCUT2D eigenvalue weighted by atomic mass is 32.2. The molecule has 0 saturated carbocycles. The largest absolute Gasteiger partial charge is 0.497 e. The lowest BCUT2D eigenvalue weighted by atomic mass is 9.98. The molecule has 10 heteroatoms. The molecule has 0 aliphatic rings. The Morgan fingerprint density at radius 2 is 1.94 bits per heavy atom. The third kappa shape index (κ3) is 5.42. The van der Waals surface area contributed by atoms with Crippen molar-refractivity contribution in [2.75, 3.05) is 25.3 Å². The molecular formula is C25H22N5O4S+. The molecule has 9 nitrogen and oxygen atoms in total. The fraction of sp³-hybridized carbons (Fsp3) is 0.160. The van der Waals surface area contributed by atoms with Crippen LogP contribution in [0.4, 0.5) is 5.88 Å². The number of thioether (sulfide) groups is 1. The van der Waals surface area contributed by atoms with E-state index >= 15 is 0 Å². The molecule has 2 aromatic heterocycles. The van der Waals surface area contributed by atoms with E-state index in [1.165, 1.54) is 4.68 Å². The minimum Gasteiger partial charge on any atom is -0.497 e. The van der Waals surface area contributed by atoms with Gasteiger partial charge in [-0.15, -0.1) is 0 Å². The third-order valence-corrected chi connectivity index (χ3v) is 6.01. The number of anilines is 1. The Morgan fingerprint density at radius 1 is 1.14 bits per heavy atom. The molecule has 35 heavy (non-hydrogen) atoms. The SMILES string of the molecule is COc1ccc(OC)c(-c2cc(-c3ccccc3)nc(SCC(=O)Nc3c[n+](C)no3)c2C#N)c1. The molecule has 176 valence electrons. The second kappa shape index (κ2) is 10.7. The van der Waals surface area contributed by atoms with Crippen LogP contribution in [-0.2, 0) is 11.8 Å². The number of nitrogens with one attached hydrogen (secondary N) is 1. The molecule has 1 N–H and O–H groups in total. The van der Waals surface area contributed by atoms with Crippen LogP contribution in [0.25, 0.3) is 22.4 Å². The average molecular weight is 489 g/mol. The van der Waals surface area contributed by atoms with Gasteiger partial charge >= 0.3 is 5.88 Å². The van der Waals surface area contributed by atoms with Crippen LogP contribution in [0.2, 0.25) is 0 Å². The molecule has 0 atom stereocenters. The highest BCUT2D eigenvalue weighted by Gasteiger charge is 2.20. The molecule has 0 unspecified atom stereocenters. The zero-order chi connectivity index (χ0) is 24.8. The Labute approximate surface area is 206 Å². The van der Waals surface area contributed by atoms with Gasteiger partial charge in [-0.3, -0.25) is 14.6 Å². The molecule has 0 bridgehead atoms. The first-order valence-corrected chi connectivity index (χ1v) is 11.5. The molecule has 2 heterocycles. The van der Waals surface area contributed by atoms with Crippen LogP contribution in [0.5, 0.6) is 11.5 Å². The molecule has 0 saturated heterocycles. The number of benzene rings is 2. The van der Waals surface area contributed by atoms with Crippen molar-refractivity contribution in [2.24, 2.45) is 7.05 Å². The summed E-state index contributed by atoms with van der Waals surface area (Å²) in [5.41, 5.74) is 3.18. The van der Waals surface area contributed by atoms with Gasteiger partial charge in [-0.25, -0.2) is 4.98 Å². The van der Waals surface area contributed by atoms with Crippen LogP contribution < -0.4 is 19.5 Å². The summed E-state index contributed by atoms with van der Waals surface area (Å²) in [4.78, 5) is 17.2. The van der Waals surface area contributed by atoms with Gasteiger partial charge in [-0.2, -0.15) is 5.26 Å². The van der Waals surface area contributed by atoms with Crippen molar-refractivity contribution >= 4 is 23.6 Å². The third-order valence-electron chi connectivity index (χ3n) is 5.04. The van der Waals surface area contributed by atoms with Gasteiger partial charge in [0, 0.05) is 16.7 Å². The predicted octanol–water partition coefficient (Wildman–Crippen LogP) is 3.85. The highest BCUT2D eigenvalue weighted by molar-refractivity contribution is 8.00. The lowest BCUT2D eigenvalue weighted by Crippen LogP contribution is -2.28. The van der Waals surface area contributed by atoms with Gasteiger partial charge in [0.15, 0.2) is 12.3 Å². The first-order chi connectivity index (χ1) is 17.0. The van der Waals surface area contributed by atoms with Gasteiger partial charge in [0.25, 0.3) is 6.20 Å². The van der Waals surface area contributed by atoms with Crippen molar-refractivity contribution in [3.05, 3.63) is 66.4 Å². The summed E-state index contributed by atoms with van der Waals surface area (Å²) in [5, 5.41) is 16.9. The number of methoxy groups -OCH3 is 2. The number of ether oxygens (including phenoxy) is 2. The van der Waals surface area contributed by atoms with Gasteiger partial charge in [0.05, 0.1) is 31.2 Å². The number of hydrogen-bond donors (Lipinski definition) is 1. The molecule has 0 spiro atoms. The second-order valence-electron chi connectivity index (χ2n) is 7.36. The Balaban J connectivity index is 1.77. The number of nitriles is 1. The van der Waals surface area contributed by atoms with E-state index in [0.717, 1.165) is 17.3 Å². The molecule has 4 aromatic rings. The Bertz CT molecular complexity index is 1400. The van der Waals surface area contributed by atoms with E-state index in [0.29, 0.717) is 38.9 Å². The van der Waals surface area contributed by atoms with Crippen molar-refractivity contribution in [1.29, 1.82) is 5.26 Å². The maximum absolute atomic E-state index is 12.5. The number of amides is 1. The standard InChI is InChI=1S/C25H21N5O4S/c1-30-14-24(34-29-30)28-23(31)15-35-25-20(13-26)18(12-21(27-25)16-7-5-4-6-8-16)19-11-17(32-2)9-10-22(19)33-3/h4-12,14H,15H2,1-3H3/p+1. The van der Waals surface area contributed by atoms with E-state index in [9.17, 15) is 10.1 Å². The normalized spacial score (nSPS) is 10.5. The van der Waals surface area contributed by atoms with Crippen LogP contribution in [0.3, 0.4) is 0 Å². The minimum atomic E-state index is -0.317. The van der Waals surface area contributed by atoms with Gasteiger partial charge in [-0.1, -0.05) is 46.8 Å². The van der Waals surface area contributed by atoms with Crippen molar-refractivity contribution < 1.29 is 23.5 Å². The summed E-state index contributed by atoms with van der Waals surface area (Å²) < 4.78 is 17.4. The van der Waals surface area contributed by atoms with Crippen LogP contribution >= 0.6 is 11.8 Å². The summed E-state index contributed by atoms with van der Waals surface area (Å²) in [7, 11) is 4.83. The first-order valence-electron chi connectivity index (χ1n) is 10.5. The van der Waals surface area contributed by atoms with Gasteiger partial charge in [0.2, 0.25) is 5.91 Å². The fourth-order valence-electron chi connectivity index (χ4n) is 3.42. The van der Waals surface area contributed by atoms with Crippen molar-refractivity contribution in [3.8, 4) is 40.0 Å². The molecule has 0 aliphatic carbocycles. The smallest absolute Gasteiger partial charge is 0.302 e. The maximum Gasteiger partial charge on any atom is 0.302 e. The number of nitrogens with zero attached hydrogens (tertiary/aromatic N) is 4. The summed E-state index contributed by atoms with van der Waals surface area (Å²) in [6.45, 7) is 0. The Kier molecular flexibility index (Phi) is 7.28. The molecule has 1 amide bonds. The summed E-state index contributed by atoms with van der Waals surface area (Å²) in [5.74, 6) is 1.13. The van der Waals surface area contributed by atoms with Gasteiger partial charge < -0.3 is 9.47 Å². The lowest BCUT2D eigenvalue weighted by molar-refractivity contribution is -0.739. The molecule has 0 radical (unpaired) electrons. The predicted molar refractivity (Wildman–Crippen MR) is 130 cm³/mol. The lowest BCUT2D eigenvalue weighted by Gasteiger charge is -2.15. The summed E-state index contributed by atoms with van der Waals surface area (Å²) in [6, 6.07) is 19.1. The van der Waals surface area contributed by atoms with E-state index in [2.05, 4.69) is 16.7 Å². The summed E-state index contributed by atoms with van der Waals surface area (Å²) in [6.07, 6.45) is 1.55. The topological polar surface area (TPSA) is 114 Å². The zero-order valence-electron chi connectivity index (χ0n) is 19.3. The molecule has 2 aromatic carbocycles. The molecule has 0 aliphatic heterocycles. The van der Waals surface area contributed by atoms with Crippen molar-refractivity contribution in [2.45, 2.75) is 5.03 Å². The maximum atomic E-state index is 12.5. The monoisotopic (exact) mass is 488 g/mol. The van der Waals surface area contributed by atoms with Gasteiger partial charge in [0.1, 0.15) is 22.6 Å². The van der Waals surface area contributed by atoms with E-state index in [1.54, 1.807) is 39.6 Å². The Hall–Kier alpha value is -4.36. The van der Waals surface area contributed by atoms with Crippen LogP contribution in [-0.4, -0.2) is 36.1 Å². The summed E-state index contributed by atoms with van der Waals surface area (Å²) >= 11 is 1.16. The number of aromatic nitrogens is 3.